The van der Waals surface area contributed by atoms with Gasteiger partial charge in [0.25, 0.3) is 0 Å². The molecule has 0 aliphatic carbocycles. The third-order valence-electron chi connectivity index (χ3n) is 2.69. The number of nitrogens with one attached hydrogen (secondary N) is 1. The Kier molecular flexibility index (Phi) is 4.09. The highest BCUT2D eigenvalue weighted by Crippen LogP contribution is 2.19. The van der Waals surface area contributed by atoms with Crippen LogP contribution in [0, 0.1) is 0 Å². The smallest absolute Gasteiger partial charge is 0.137 e. The summed E-state index contributed by atoms with van der Waals surface area (Å²) in [6, 6.07) is 0. The summed E-state index contributed by atoms with van der Waals surface area (Å²) in [5, 5.41) is 11.6. The van der Waals surface area contributed by atoms with Crippen LogP contribution in [0.4, 0.5) is 5.82 Å². The zero-order valence-corrected chi connectivity index (χ0v) is 11.1. The number of anilines is 1. The van der Waals surface area contributed by atoms with E-state index in [9.17, 15) is 0 Å². The molecular weight excluding hydrogens is 252 g/mol. The molecule has 6 nitrogen and oxygen atoms in total. The molecule has 0 aromatic carbocycles. The van der Waals surface area contributed by atoms with Gasteiger partial charge in [-0.25, -0.2) is 9.97 Å². The van der Waals surface area contributed by atoms with Gasteiger partial charge in [0.2, 0.25) is 0 Å². The summed E-state index contributed by atoms with van der Waals surface area (Å²) in [6.45, 7) is 2.76. The van der Waals surface area contributed by atoms with Crippen LogP contribution >= 0.6 is 11.6 Å². The lowest BCUT2D eigenvalue weighted by molar-refractivity contribution is 0.786. The summed E-state index contributed by atoms with van der Waals surface area (Å²) in [4.78, 5) is 8.17. The molecule has 0 amide bonds. The first kappa shape index (κ1) is 12.8. The summed E-state index contributed by atoms with van der Waals surface area (Å²) >= 11 is 6.02. The van der Waals surface area contributed by atoms with Gasteiger partial charge in [-0.15, -0.1) is 10.2 Å². The highest BCUT2D eigenvalue weighted by molar-refractivity contribution is 6.30. The van der Waals surface area contributed by atoms with Gasteiger partial charge in [0.15, 0.2) is 0 Å². The van der Waals surface area contributed by atoms with Crippen molar-refractivity contribution in [3.8, 4) is 0 Å². The van der Waals surface area contributed by atoms with Crippen molar-refractivity contribution in [3.05, 3.63) is 29.2 Å². The molecular formula is C11H15ClN6. The zero-order valence-electron chi connectivity index (χ0n) is 10.4. The summed E-state index contributed by atoms with van der Waals surface area (Å²) in [7, 11) is 1.92. The summed E-state index contributed by atoms with van der Waals surface area (Å²) in [6.07, 6.45) is 4.73. The summed E-state index contributed by atoms with van der Waals surface area (Å²) in [5.74, 6) is 1.72. The molecule has 7 heteroatoms. The average molecular weight is 267 g/mol. The second kappa shape index (κ2) is 5.77. The molecule has 0 spiro atoms. The Labute approximate surface area is 110 Å². The van der Waals surface area contributed by atoms with Crippen LogP contribution in [0.3, 0.4) is 0 Å². The van der Waals surface area contributed by atoms with E-state index >= 15 is 0 Å². The van der Waals surface area contributed by atoms with Crippen LogP contribution in [0.5, 0.6) is 0 Å². The van der Waals surface area contributed by atoms with Gasteiger partial charge in [-0.2, -0.15) is 0 Å². The van der Waals surface area contributed by atoms with Crippen molar-refractivity contribution in [3.63, 3.8) is 0 Å². The Balaban J connectivity index is 1.98. The first-order chi connectivity index (χ1) is 8.72. The highest BCUT2D eigenvalue weighted by Gasteiger charge is 2.07. The van der Waals surface area contributed by atoms with Crippen molar-refractivity contribution in [2.45, 2.75) is 19.8 Å². The quantitative estimate of drug-likeness (QED) is 0.830. The topological polar surface area (TPSA) is 68.5 Å². The molecule has 18 heavy (non-hydrogen) atoms. The monoisotopic (exact) mass is 266 g/mol. The lowest BCUT2D eigenvalue weighted by Crippen LogP contribution is -2.11. The van der Waals surface area contributed by atoms with E-state index in [4.69, 9.17) is 11.6 Å². The van der Waals surface area contributed by atoms with Gasteiger partial charge < -0.3 is 9.88 Å². The molecule has 0 aliphatic heterocycles. The molecule has 0 fully saturated rings. The number of hydrogen-bond acceptors (Lipinski definition) is 5. The number of aryl methyl sites for hydroxylation is 1. The molecule has 1 N–H and O–H groups in total. The molecule has 0 aliphatic rings. The molecule has 0 unspecified atom stereocenters. The van der Waals surface area contributed by atoms with E-state index in [1.165, 1.54) is 6.33 Å². The fraction of sp³-hybridized carbons (Fsp3) is 0.455. The van der Waals surface area contributed by atoms with E-state index in [1.807, 2.05) is 18.5 Å². The van der Waals surface area contributed by atoms with Crippen molar-refractivity contribution >= 4 is 17.4 Å². The van der Waals surface area contributed by atoms with Gasteiger partial charge in [0.05, 0.1) is 0 Å². The normalized spacial score (nSPS) is 10.6. The predicted octanol–water partition coefficient (Wildman–Crippen LogP) is 1.48. The molecule has 0 saturated carbocycles. The van der Waals surface area contributed by atoms with Gasteiger partial charge >= 0.3 is 0 Å². The minimum atomic E-state index is 0.508. The summed E-state index contributed by atoms with van der Waals surface area (Å²) < 4.78 is 1.90. The van der Waals surface area contributed by atoms with Crippen molar-refractivity contribution in [2.24, 2.45) is 7.05 Å². The van der Waals surface area contributed by atoms with Crippen LogP contribution in [0.1, 0.15) is 18.3 Å². The second-order valence-electron chi connectivity index (χ2n) is 3.88. The Morgan fingerprint density at radius 2 is 2.22 bits per heavy atom. The van der Waals surface area contributed by atoms with E-state index in [0.29, 0.717) is 5.15 Å². The van der Waals surface area contributed by atoms with Gasteiger partial charge in [-0.3, -0.25) is 0 Å². The van der Waals surface area contributed by atoms with Gasteiger partial charge in [0, 0.05) is 25.6 Å². The molecule has 0 saturated heterocycles. The zero-order chi connectivity index (χ0) is 13.0. The van der Waals surface area contributed by atoms with E-state index in [0.717, 1.165) is 36.6 Å². The largest absolute Gasteiger partial charge is 0.369 e. The number of rotatable bonds is 5. The lowest BCUT2D eigenvalue weighted by atomic mass is 10.2. The number of halogens is 1. The fourth-order valence-electron chi connectivity index (χ4n) is 1.68. The molecule has 0 radical (unpaired) electrons. The Morgan fingerprint density at radius 1 is 1.39 bits per heavy atom. The minimum Gasteiger partial charge on any atom is -0.369 e. The van der Waals surface area contributed by atoms with Crippen molar-refractivity contribution in [1.82, 2.24) is 24.7 Å². The Bertz CT molecular complexity index is 524. The van der Waals surface area contributed by atoms with Crippen LogP contribution in [-0.4, -0.2) is 31.3 Å². The molecule has 96 valence electrons. The molecule has 2 heterocycles. The molecule has 0 atom stereocenters. The summed E-state index contributed by atoms with van der Waals surface area (Å²) in [5.41, 5.74) is 0.942. The van der Waals surface area contributed by atoms with E-state index in [1.54, 1.807) is 6.33 Å². The molecule has 2 aromatic heterocycles. The van der Waals surface area contributed by atoms with Crippen LogP contribution in [0.15, 0.2) is 12.7 Å². The molecule has 2 aromatic rings. The van der Waals surface area contributed by atoms with Gasteiger partial charge in [0.1, 0.15) is 29.5 Å². The van der Waals surface area contributed by atoms with Crippen molar-refractivity contribution < 1.29 is 0 Å². The first-order valence-corrected chi connectivity index (χ1v) is 6.16. The van der Waals surface area contributed by atoms with Crippen LogP contribution in [-0.2, 0) is 19.9 Å². The predicted molar refractivity (Wildman–Crippen MR) is 69.6 cm³/mol. The van der Waals surface area contributed by atoms with Crippen LogP contribution in [0.2, 0.25) is 5.15 Å². The molecule has 0 bridgehead atoms. The maximum absolute atomic E-state index is 6.02. The number of hydrogen-bond donors (Lipinski definition) is 1. The van der Waals surface area contributed by atoms with Gasteiger partial charge in [-0.1, -0.05) is 18.5 Å². The standard InChI is InChI=1S/C11H15ClN6/c1-3-8-10(12)14-6-15-11(8)13-5-4-9-17-16-7-18(9)2/h6-7H,3-5H2,1-2H3,(H,13,14,15). The fourth-order valence-corrected chi connectivity index (χ4v) is 1.95. The van der Waals surface area contributed by atoms with E-state index < -0.39 is 0 Å². The minimum absolute atomic E-state index is 0.508. The highest BCUT2D eigenvalue weighted by atomic mass is 35.5. The van der Waals surface area contributed by atoms with E-state index in [2.05, 4.69) is 25.5 Å². The first-order valence-electron chi connectivity index (χ1n) is 5.78. The molecule has 2 rings (SSSR count). The van der Waals surface area contributed by atoms with Crippen LogP contribution < -0.4 is 5.32 Å². The maximum Gasteiger partial charge on any atom is 0.137 e. The third-order valence-corrected chi connectivity index (χ3v) is 3.02. The Hall–Kier alpha value is -1.69. The van der Waals surface area contributed by atoms with Crippen molar-refractivity contribution in [1.29, 1.82) is 0 Å². The van der Waals surface area contributed by atoms with Gasteiger partial charge in [-0.05, 0) is 6.42 Å². The average Bonchev–Trinajstić information content (AvgIpc) is 2.75. The maximum atomic E-state index is 6.02. The number of aromatic nitrogens is 5. The second-order valence-corrected chi connectivity index (χ2v) is 4.24. The third kappa shape index (κ3) is 2.76. The number of nitrogens with zero attached hydrogens (tertiary/aromatic N) is 5. The van der Waals surface area contributed by atoms with Crippen molar-refractivity contribution in [2.75, 3.05) is 11.9 Å². The van der Waals surface area contributed by atoms with E-state index in [-0.39, 0.29) is 0 Å². The van der Waals surface area contributed by atoms with Crippen LogP contribution in [0.25, 0.3) is 0 Å². The Morgan fingerprint density at radius 3 is 2.89 bits per heavy atom. The lowest BCUT2D eigenvalue weighted by Gasteiger charge is -2.09. The SMILES string of the molecule is CCc1c(Cl)ncnc1NCCc1nncn1C.